The van der Waals surface area contributed by atoms with Crippen LogP contribution in [0.5, 0.6) is 0 Å². The van der Waals surface area contributed by atoms with Crippen molar-refractivity contribution in [1.29, 1.82) is 0 Å². The molecule has 0 saturated heterocycles. The maximum Gasteiger partial charge on any atom is 0.138 e. The van der Waals surface area contributed by atoms with Crippen LogP contribution in [0.25, 0.3) is 0 Å². The van der Waals surface area contributed by atoms with Gasteiger partial charge in [-0.15, -0.1) is 0 Å². The number of halogens is 1. The van der Waals surface area contributed by atoms with Crippen LogP contribution in [-0.2, 0) is 6.54 Å². The highest BCUT2D eigenvalue weighted by Gasteiger charge is 2.13. The molecule has 19 heavy (non-hydrogen) atoms. The molecule has 2 rings (SSSR count). The number of nitrogens with one attached hydrogen (secondary N) is 1. The van der Waals surface area contributed by atoms with Gasteiger partial charge < -0.3 is 9.84 Å². The van der Waals surface area contributed by atoms with E-state index in [0.717, 1.165) is 34.5 Å². The van der Waals surface area contributed by atoms with E-state index in [-0.39, 0.29) is 0 Å². The lowest BCUT2D eigenvalue weighted by Gasteiger charge is -2.17. The molecule has 4 heteroatoms. The summed E-state index contributed by atoms with van der Waals surface area (Å²) in [6.07, 6.45) is 1.04. The monoisotopic (exact) mass is 322 g/mol. The molecule has 0 saturated carbocycles. The molecule has 0 bridgehead atoms. The van der Waals surface area contributed by atoms with E-state index >= 15 is 0 Å². The molecule has 0 aliphatic carbocycles. The Morgan fingerprint density at radius 1 is 1.37 bits per heavy atom. The average molecular weight is 323 g/mol. The third-order valence-corrected chi connectivity index (χ3v) is 3.86. The van der Waals surface area contributed by atoms with Crippen LogP contribution in [0.2, 0.25) is 0 Å². The zero-order chi connectivity index (χ0) is 13.8. The minimum Gasteiger partial charge on any atom is -0.361 e. The number of hydrogen-bond donors (Lipinski definition) is 1. The molecule has 0 aliphatic rings. The maximum absolute atomic E-state index is 5.19. The van der Waals surface area contributed by atoms with Crippen LogP contribution in [0.3, 0.4) is 0 Å². The van der Waals surface area contributed by atoms with E-state index in [0.29, 0.717) is 6.04 Å². The number of aromatic nitrogens is 1. The van der Waals surface area contributed by atoms with Gasteiger partial charge in [0.25, 0.3) is 0 Å². The summed E-state index contributed by atoms with van der Waals surface area (Å²) in [6, 6.07) is 8.77. The Balaban J connectivity index is 2.08. The molecular formula is C15H19BrN2O. The van der Waals surface area contributed by atoms with E-state index in [2.05, 4.69) is 51.5 Å². The molecule has 1 N–H and O–H groups in total. The number of nitrogens with zero attached hydrogens (tertiary/aromatic N) is 1. The summed E-state index contributed by atoms with van der Waals surface area (Å²) in [5, 5.41) is 7.56. The molecule has 0 aliphatic heterocycles. The lowest BCUT2D eigenvalue weighted by molar-refractivity contribution is 0.391. The van der Waals surface area contributed by atoms with E-state index in [9.17, 15) is 0 Å². The Morgan fingerprint density at radius 2 is 2.16 bits per heavy atom. The molecule has 0 radical (unpaired) electrons. The highest BCUT2D eigenvalue weighted by molar-refractivity contribution is 9.10. The molecule has 2 aromatic rings. The fourth-order valence-electron chi connectivity index (χ4n) is 2.20. The van der Waals surface area contributed by atoms with E-state index in [4.69, 9.17) is 4.52 Å². The first kappa shape index (κ1) is 14.3. The number of hydrogen-bond acceptors (Lipinski definition) is 3. The Bertz CT molecular complexity index is 531. The molecule has 102 valence electrons. The predicted molar refractivity (Wildman–Crippen MR) is 80.0 cm³/mol. The van der Waals surface area contributed by atoms with Gasteiger partial charge in [-0.25, -0.2) is 0 Å². The van der Waals surface area contributed by atoms with Crippen LogP contribution in [-0.4, -0.2) is 5.16 Å². The average Bonchev–Trinajstić information content (AvgIpc) is 2.71. The van der Waals surface area contributed by atoms with Gasteiger partial charge in [0.2, 0.25) is 0 Å². The van der Waals surface area contributed by atoms with Gasteiger partial charge in [-0.3, -0.25) is 0 Å². The Morgan fingerprint density at radius 3 is 2.74 bits per heavy atom. The molecule has 1 aromatic carbocycles. The van der Waals surface area contributed by atoms with E-state index in [1.54, 1.807) is 0 Å². The summed E-state index contributed by atoms with van der Waals surface area (Å²) in [5.41, 5.74) is 3.42. The fraction of sp³-hybridized carbons (Fsp3) is 0.400. The van der Waals surface area contributed by atoms with Crippen molar-refractivity contribution in [3.8, 4) is 0 Å². The highest BCUT2D eigenvalue weighted by Crippen LogP contribution is 2.22. The minimum atomic E-state index is 0.339. The van der Waals surface area contributed by atoms with Crippen molar-refractivity contribution in [1.82, 2.24) is 10.5 Å². The molecule has 1 aromatic heterocycles. The first-order valence-electron chi connectivity index (χ1n) is 6.52. The summed E-state index contributed by atoms with van der Waals surface area (Å²) < 4.78 is 6.30. The molecule has 1 heterocycles. The van der Waals surface area contributed by atoms with Gasteiger partial charge in [0.1, 0.15) is 5.76 Å². The van der Waals surface area contributed by atoms with Crippen LogP contribution in [0, 0.1) is 13.8 Å². The van der Waals surface area contributed by atoms with Gasteiger partial charge in [-0.05, 0) is 38.0 Å². The van der Waals surface area contributed by atoms with Gasteiger partial charge in [-0.1, -0.05) is 40.1 Å². The van der Waals surface area contributed by atoms with Crippen molar-refractivity contribution in [2.75, 3.05) is 0 Å². The second kappa shape index (κ2) is 6.35. The quantitative estimate of drug-likeness (QED) is 0.892. The third kappa shape index (κ3) is 3.45. The van der Waals surface area contributed by atoms with Crippen molar-refractivity contribution in [3.63, 3.8) is 0 Å². The largest absolute Gasteiger partial charge is 0.361 e. The summed E-state index contributed by atoms with van der Waals surface area (Å²) >= 11 is 3.52. The minimum absolute atomic E-state index is 0.339. The molecule has 1 atom stereocenters. The SMILES string of the molecule is CCC(NCc1c(C)noc1C)c1cccc(Br)c1. The van der Waals surface area contributed by atoms with Crippen LogP contribution in [0.1, 0.15) is 42.0 Å². The lowest BCUT2D eigenvalue weighted by atomic mass is 10.0. The van der Waals surface area contributed by atoms with Gasteiger partial charge in [-0.2, -0.15) is 0 Å². The van der Waals surface area contributed by atoms with Crippen molar-refractivity contribution >= 4 is 15.9 Å². The van der Waals surface area contributed by atoms with Gasteiger partial charge in [0.15, 0.2) is 0 Å². The van der Waals surface area contributed by atoms with Crippen molar-refractivity contribution in [3.05, 3.63) is 51.3 Å². The summed E-state index contributed by atoms with van der Waals surface area (Å²) in [7, 11) is 0. The second-order valence-electron chi connectivity index (χ2n) is 4.70. The van der Waals surface area contributed by atoms with Crippen LogP contribution < -0.4 is 5.32 Å². The van der Waals surface area contributed by atoms with Crippen LogP contribution in [0.15, 0.2) is 33.3 Å². The third-order valence-electron chi connectivity index (χ3n) is 3.37. The van der Waals surface area contributed by atoms with Gasteiger partial charge in [0.05, 0.1) is 5.69 Å². The summed E-state index contributed by atoms with van der Waals surface area (Å²) in [4.78, 5) is 0. The molecule has 3 nitrogen and oxygen atoms in total. The zero-order valence-electron chi connectivity index (χ0n) is 11.5. The van der Waals surface area contributed by atoms with Crippen LogP contribution in [0.4, 0.5) is 0 Å². The van der Waals surface area contributed by atoms with Crippen molar-refractivity contribution in [2.24, 2.45) is 0 Å². The second-order valence-corrected chi connectivity index (χ2v) is 5.62. The standard InChI is InChI=1S/C15H19BrN2O/c1-4-15(12-6-5-7-13(16)8-12)17-9-14-10(2)18-19-11(14)3/h5-8,15,17H,4,9H2,1-3H3. The highest BCUT2D eigenvalue weighted by atomic mass is 79.9. The summed E-state index contributed by atoms with van der Waals surface area (Å²) in [5.74, 6) is 0.897. The Hall–Kier alpha value is -1.13. The normalized spacial score (nSPS) is 12.6. The zero-order valence-corrected chi connectivity index (χ0v) is 13.1. The number of rotatable bonds is 5. The fourth-order valence-corrected chi connectivity index (χ4v) is 2.62. The van der Waals surface area contributed by atoms with Crippen LogP contribution >= 0.6 is 15.9 Å². The predicted octanol–water partition coefficient (Wildman–Crippen LogP) is 4.29. The van der Waals surface area contributed by atoms with Crippen molar-refractivity contribution in [2.45, 2.75) is 39.8 Å². The first-order valence-corrected chi connectivity index (χ1v) is 7.31. The molecule has 0 amide bonds. The molecular weight excluding hydrogens is 304 g/mol. The smallest absolute Gasteiger partial charge is 0.138 e. The van der Waals surface area contributed by atoms with E-state index < -0.39 is 0 Å². The van der Waals surface area contributed by atoms with Crippen molar-refractivity contribution < 1.29 is 4.52 Å². The Labute approximate surface area is 122 Å². The number of benzene rings is 1. The molecule has 1 unspecified atom stereocenters. The van der Waals surface area contributed by atoms with Gasteiger partial charge >= 0.3 is 0 Å². The maximum atomic E-state index is 5.19. The molecule has 0 spiro atoms. The lowest BCUT2D eigenvalue weighted by Crippen LogP contribution is -2.20. The van der Waals surface area contributed by atoms with E-state index in [1.807, 2.05) is 19.9 Å². The van der Waals surface area contributed by atoms with Gasteiger partial charge in [0, 0.05) is 22.6 Å². The Kier molecular flexibility index (Phi) is 4.77. The van der Waals surface area contributed by atoms with E-state index in [1.165, 1.54) is 5.56 Å². The first-order chi connectivity index (χ1) is 9.11. The number of aryl methyl sites for hydroxylation is 2. The topological polar surface area (TPSA) is 38.1 Å². The summed E-state index contributed by atoms with van der Waals surface area (Å²) in [6.45, 7) is 6.91. The molecule has 0 fully saturated rings.